The van der Waals surface area contributed by atoms with Gasteiger partial charge in [0.15, 0.2) is 0 Å². The summed E-state index contributed by atoms with van der Waals surface area (Å²) in [6.07, 6.45) is 0.595. The van der Waals surface area contributed by atoms with Crippen molar-refractivity contribution in [3.8, 4) is 11.5 Å². The largest absolute Gasteiger partial charge is 0.497 e. The number of carbonyl (C=O) groups excluding carboxylic acids is 1. The molecule has 0 amide bonds. The van der Waals surface area contributed by atoms with E-state index in [-0.39, 0.29) is 24.9 Å². The molecule has 0 unspecified atom stereocenters. The van der Waals surface area contributed by atoms with E-state index in [9.17, 15) is 13.6 Å². The predicted molar refractivity (Wildman–Crippen MR) is 90.8 cm³/mol. The lowest BCUT2D eigenvalue weighted by Gasteiger charge is -2.22. The second-order valence-corrected chi connectivity index (χ2v) is 6.58. The second-order valence-electron chi connectivity index (χ2n) is 5.64. The average molecular weight is 384 g/mol. The molecule has 1 atom stereocenters. The van der Waals surface area contributed by atoms with Gasteiger partial charge in [-0.1, -0.05) is 0 Å². The van der Waals surface area contributed by atoms with E-state index in [0.717, 1.165) is 11.3 Å². The fraction of sp³-hybridized carbons (Fsp3) is 0.389. The summed E-state index contributed by atoms with van der Waals surface area (Å²) in [6.45, 7) is -2.59. The molecule has 0 bridgehead atoms. The molecular weight excluding hydrogens is 366 g/mol. The van der Waals surface area contributed by atoms with Gasteiger partial charge >= 0.3 is 12.6 Å². The third kappa shape index (κ3) is 4.50. The lowest BCUT2D eigenvalue weighted by Crippen LogP contribution is -2.18. The van der Waals surface area contributed by atoms with Crippen LogP contribution in [0.25, 0.3) is 0 Å². The van der Waals surface area contributed by atoms with E-state index in [4.69, 9.17) is 14.2 Å². The van der Waals surface area contributed by atoms with Crippen LogP contribution in [0.3, 0.4) is 0 Å². The Labute approximate surface area is 153 Å². The molecule has 5 nitrogen and oxygen atoms in total. The van der Waals surface area contributed by atoms with Gasteiger partial charge in [-0.15, -0.1) is 11.3 Å². The molecule has 2 aromatic rings. The molecule has 0 radical (unpaired) electrons. The third-order valence-corrected chi connectivity index (χ3v) is 5.05. The molecule has 0 N–H and O–H groups in total. The van der Waals surface area contributed by atoms with Crippen molar-refractivity contribution in [3.05, 3.63) is 45.6 Å². The maximum absolute atomic E-state index is 12.6. The van der Waals surface area contributed by atoms with Gasteiger partial charge < -0.3 is 18.9 Å². The zero-order chi connectivity index (χ0) is 18.5. The highest BCUT2D eigenvalue weighted by molar-refractivity contribution is 7.10. The Kier molecular flexibility index (Phi) is 6.05. The van der Waals surface area contributed by atoms with E-state index in [0.29, 0.717) is 17.9 Å². The van der Waals surface area contributed by atoms with Gasteiger partial charge in [-0.05, 0) is 35.6 Å². The van der Waals surface area contributed by atoms with Crippen molar-refractivity contribution < 1.29 is 32.5 Å². The summed E-state index contributed by atoms with van der Waals surface area (Å²) in [4.78, 5) is 13.2. The van der Waals surface area contributed by atoms with Crippen LogP contribution < -0.4 is 9.47 Å². The van der Waals surface area contributed by atoms with Crippen molar-refractivity contribution in [1.29, 1.82) is 0 Å². The van der Waals surface area contributed by atoms with Crippen LogP contribution in [0.5, 0.6) is 11.5 Å². The molecule has 1 aromatic heterocycles. The highest BCUT2D eigenvalue weighted by atomic mass is 32.1. The highest BCUT2D eigenvalue weighted by Gasteiger charge is 2.25. The lowest BCUT2D eigenvalue weighted by molar-refractivity contribution is -0.148. The lowest BCUT2D eigenvalue weighted by atomic mass is 10.1. The highest BCUT2D eigenvalue weighted by Crippen LogP contribution is 2.34. The molecule has 8 heteroatoms. The number of methoxy groups -OCH3 is 1. The Balaban J connectivity index is 1.61. The first-order valence-electron chi connectivity index (χ1n) is 8.02. The van der Waals surface area contributed by atoms with Crippen molar-refractivity contribution in [3.63, 3.8) is 0 Å². The van der Waals surface area contributed by atoms with E-state index in [2.05, 4.69) is 4.74 Å². The van der Waals surface area contributed by atoms with Gasteiger partial charge in [-0.25, -0.2) is 0 Å². The number of ether oxygens (including phenoxy) is 4. The number of fused-ring (bicyclic) bond motifs is 1. The SMILES string of the molecule is COc1ccc(COC(=O)C[C@@H]2OCCc3ccsc32)c(OC(F)F)c1. The van der Waals surface area contributed by atoms with Crippen molar-refractivity contribution in [2.75, 3.05) is 13.7 Å². The zero-order valence-corrected chi connectivity index (χ0v) is 14.9. The van der Waals surface area contributed by atoms with Crippen molar-refractivity contribution in [2.24, 2.45) is 0 Å². The summed E-state index contributed by atoms with van der Waals surface area (Å²) in [7, 11) is 1.42. The molecule has 140 valence electrons. The normalized spacial score (nSPS) is 16.2. The van der Waals surface area contributed by atoms with Crippen molar-refractivity contribution >= 4 is 17.3 Å². The first-order chi connectivity index (χ1) is 12.6. The van der Waals surface area contributed by atoms with Crippen LogP contribution in [0.2, 0.25) is 0 Å². The Morgan fingerprint density at radius 1 is 1.38 bits per heavy atom. The first-order valence-corrected chi connectivity index (χ1v) is 8.90. The summed E-state index contributed by atoms with van der Waals surface area (Å²) >= 11 is 1.55. The van der Waals surface area contributed by atoms with Crippen molar-refractivity contribution in [1.82, 2.24) is 0 Å². The van der Waals surface area contributed by atoms with Crippen LogP contribution >= 0.6 is 11.3 Å². The van der Waals surface area contributed by atoms with E-state index >= 15 is 0 Å². The minimum Gasteiger partial charge on any atom is -0.497 e. The van der Waals surface area contributed by atoms with Gasteiger partial charge in [-0.2, -0.15) is 8.78 Å². The maximum atomic E-state index is 12.6. The number of rotatable bonds is 7. The molecule has 1 aromatic carbocycles. The van der Waals surface area contributed by atoms with Crippen LogP contribution in [0.1, 0.15) is 28.5 Å². The number of hydrogen-bond donors (Lipinski definition) is 0. The quantitative estimate of drug-likeness (QED) is 0.673. The molecule has 0 aliphatic carbocycles. The van der Waals surface area contributed by atoms with Gasteiger partial charge in [-0.3, -0.25) is 4.79 Å². The minimum absolute atomic E-state index is 0.0781. The van der Waals surface area contributed by atoms with Crippen LogP contribution in [0, 0.1) is 0 Å². The number of halogens is 2. The Hall–Kier alpha value is -2.19. The second kappa shape index (κ2) is 8.46. The van der Waals surface area contributed by atoms with Gasteiger partial charge in [0.1, 0.15) is 24.2 Å². The third-order valence-electron chi connectivity index (χ3n) is 3.99. The smallest absolute Gasteiger partial charge is 0.387 e. The molecule has 1 aliphatic rings. The van der Waals surface area contributed by atoms with Crippen molar-refractivity contribution in [2.45, 2.75) is 32.2 Å². The number of carbonyl (C=O) groups is 1. The standard InChI is InChI=1S/C18H18F2O5S/c1-22-13-3-2-12(14(8-13)25-18(19)20)10-24-16(21)9-15-17-11(4-6-23-15)5-7-26-17/h2-3,5,7-8,15,18H,4,6,9-10H2,1H3/t15-/m0/s1. The Morgan fingerprint density at radius 2 is 2.23 bits per heavy atom. The summed E-state index contributed by atoms with van der Waals surface area (Å²) in [5.41, 5.74) is 1.53. The number of hydrogen-bond acceptors (Lipinski definition) is 6. The summed E-state index contributed by atoms with van der Waals surface area (Å²) < 4.78 is 45.5. The minimum atomic E-state index is -2.98. The monoisotopic (exact) mass is 384 g/mol. The molecule has 0 fully saturated rings. The Bertz CT molecular complexity index is 762. The molecule has 3 rings (SSSR count). The van der Waals surface area contributed by atoms with Gasteiger partial charge in [0.05, 0.1) is 20.1 Å². The van der Waals surface area contributed by atoms with E-state index in [1.165, 1.54) is 24.8 Å². The van der Waals surface area contributed by atoms with E-state index < -0.39 is 12.6 Å². The average Bonchev–Trinajstić information content (AvgIpc) is 3.10. The summed E-state index contributed by atoms with van der Waals surface area (Å²) in [6, 6.07) is 6.48. The molecule has 26 heavy (non-hydrogen) atoms. The van der Waals surface area contributed by atoms with Crippen LogP contribution in [-0.4, -0.2) is 26.3 Å². The number of benzene rings is 1. The zero-order valence-electron chi connectivity index (χ0n) is 14.1. The number of alkyl halides is 2. The molecule has 0 saturated heterocycles. The fourth-order valence-corrected chi connectivity index (χ4v) is 3.73. The van der Waals surface area contributed by atoms with Crippen LogP contribution in [0.15, 0.2) is 29.6 Å². The van der Waals surface area contributed by atoms with Gasteiger partial charge in [0, 0.05) is 16.5 Å². The molecule has 0 spiro atoms. The summed E-state index contributed by atoms with van der Waals surface area (Å²) in [5.74, 6) is -0.173. The van der Waals surface area contributed by atoms with E-state index in [1.54, 1.807) is 17.4 Å². The Morgan fingerprint density at radius 3 is 3.00 bits per heavy atom. The first kappa shape index (κ1) is 18.6. The van der Waals surface area contributed by atoms with E-state index in [1.807, 2.05) is 11.4 Å². The summed E-state index contributed by atoms with van der Waals surface area (Å²) in [5, 5.41) is 1.98. The molecule has 2 heterocycles. The van der Waals surface area contributed by atoms with Crippen LogP contribution in [-0.2, 0) is 27.3 Å². The van der Waals surface area contributed by atoms with Gasteiger partial charge in [0.2, 0.25) is 0 Å². The fourth-order valence-electron chi connectivity index (χ4n) is 2.73. The molecule has 0 saturated carbocycles. The van der Waals surface area contributed by atoms with Gasteiger partial charge in [0.25, 0.3) is 0 Å². The number of thiophene rings is 1. The molecular formula is C18H18F2O5S. The predicted octanol–water partition coefficient (Wildman–Crippen LogP) is 4.11. The maximum Gasteiger partial charge on any atom is 0.387 e. The molecule has 1 aliphatic heterocycles. The topological polar surface area (TPSA) is 54.0 Å². The number of esters is 1. The van der Waals surface area contributed by atoms with Crippen LogP contribution in [0.4, 0.5) is 8.78 Å².